The average Bonchev–Trinajstić information content (AvgIpc) is 2.29. The summed E-state index contributed by atoms with van der Waals surface area (Å²) in [4.78, 5) is 19.0. The Labute approximate surface area is 97.5 Å². The third-order valence-corrected chi connectivity index (χ3v) is 2.88. The Morgan fingerprint density at radius 2 is 2.00 bits per heavy atom. The van der Waals surface area contributed by atoms with Gasteiger partial charge in [0.15, 0.2) is 0 Å². The summed E-state index contributed by atoms with van der Waals surface area (Å²) in [5.74, 6) is 0.228. The second-order valence-corrected chi connectivity index (χ2v) is 5.29. The van der Waals surface area contributed by atoms with Gasteiger partial charge < -0.3 is 0 Å². The highest BCUT2D eigenvalue weighted by Gasteiger charge is 2.12. The Morgan fingerprint density at radius 1 is 1.24 bits per heavy atom. The maximum Gasteiger partial charge on any atom is 0.256 e. The van der Waals surface area contributed by atoms with Crippen molar-refractivity contribution >= 4 is 9.84 Å². The Balaban J connectivity index is 2.63. The second-order valence-electron chi connectivity index (χ2n) is 3.38. The van der Waals surface area contributed by atoms with Crippen molar-refractivity contribution in [2.45, 2.75) is 5.16 Å². The van der Waals surface area contributed by atoms with Crippen LogP contribution in [-0.4, -0.2) is 29.2 Å². The molecule has 17 heavy (non-hydrogen) atoms. The van der Waals surface area contributed by atoms with Crippen molar-refractivity contribution in [3.05, 3.63) is 47.0 Å². The van der Waals surface area contributed by atoms with Crippen LogP contribution < -0.4 is 5.56 Å². The number of rotatable bonds is 2. The van der Waals surface area contributed by atoms with Crippen LogP contribution in [0.4, 0.5) is 0 Å². The van der Waals surface area contributed by atoms with Gasteiger partial charge in [-0.05, 0) is 12.1 Å². The maximum absolute atomic E-state index is 11.5. The fourth-order valence-corrected chi connectivity index (χ4v) is 1.77. The summed E-state index contributed by atoms with van der Waals surface area (Å²) in [6.07, 6.45) is 3.83. The van der Waals surface area contributed by atoms with Crippen LogP contribution in [0.3, 0.4) is 0 Å². The minimum absolute atomic E-state index is 0.228. The molecule has 0 saturated heterocycles. The number of nitrogens with zero attached hydrogens (tertiary/aromatic N) is 3. The van der Waals surface area contributed by atoms with Crippen molar-refractivity contribution in [1.29, 1.82) is 0 Å². The molecule has 2 aromatic rings. The predicted octanol–water partition coefficient (Wildman–Crippen LogP) is 0.0310. The van der Waals surface area contributed by atoms with E-state index in [1.165, 1.54) is 29.1 Å². The van der Waals surface area contributed by atoms with Crippen LogP contribution in [-0.2, 0) is 9.84 Å². The molecule has 6 nitrogen and oxygen atoms in total. The van der Waals surface area contributed by atoms with E-state index in [0.717, 1.165) is 6.26 Å². The van der Waals surface area contributed by atoms with Gasteiger partial charge in [-0.25, -0.2) is 18.4 Å². The number of pyridine rings is 1. The molecule has 0 N–H and O–H groups in total. The van der Waals surface area contributed by atoms with E-state index in [1.54, 1.807) is 12.1 Å². The average molecular weight is 251 g/mol. The van der Waals surface area contributed by atoms with Crippen molar-refractivity contribution in [1.82, 2.24) is 14.5 Å². The minimum Gasteiger partial charge on any atom is -0.269 e. The fourth-order valence-electron chi connectivity index (χ4n) is 1.26. The molecule has 0 aliphatic heterocycles. The summed E-state index contributed by atoms with van der Waals surface area (Å²) < 4.78 is 23.8. The summed E-state index contributed by atoms with van der Waals surface area (Å²) in [5.41, 5.74) is -0.286. The first kappa shape index (κ1) is 11.5. The van der Waals surface area contributed by atoms with Gasteiger partial charge in [0.2, 0.25) is 15.0 Å². The quantitative estimate of drug-likeness (QED) is 0.703. The van der Waals surface area contributed by atoms with Gasteiger partial charge in [-0.1, -0.05) is 6.07 Å². The number of sulfone groups is 1. The summed E-state index contributed by atoms with van der Waals surface area (Å²) in [7, 11) is -3.48. The van der Waals surface area contributed by atoms with Gasteiger partial charge in [-0.15, -0.1) is 0 Å². The van der Waals surface area contributed by atoms with Gasteiger partial charge in [0.25, 0.3) is 5.56 Å². The summed E-state index contributed by atoms with van der Waals surface area (Å²) in [5, 5.41) is -0.300. The van der Waals surface area contributed by atoms with E-state index in [0.29, 0.717) is 0 Å². The van der Waals surface area contributed by atoms with Crippen LogP contribution in [0.15, 0.2) is 46.6 Å². The molecule has 0 aliphatic carbocycles. The van der Waals surface area contributed by atoms with E-state index in [-0.39, 0.29) is 16.5 Å². The van der Waals surface area contributed by atoms with Crippen LogP contribution in [0, 0.1) is 0 Å². The predicted molar refractivity (Wildman–Crippen MR) is 60.7 cm³/mol. The third kappa shape index (κ3) is 2.39. The number of hydrogen-bond donors (Lipinski definition) is 0. The lowest BCUT2D eigenvalue weighted by Crippen LogP contribution is -2.18. The van der Waals surface area contributed by atoms with Gasteiger partial charge in [0.1, 0.15) is 5.82 Å². The molecular weight excluding hydrogens is 242 g/mol. The normalized spacial score (nSPS) is 11.4. The van der Waals surface area contributed by atoms with Crippen LogP contribution in [0.5, 0.6) is 0 Å². The van der Waals surface area contributed by atoms with Crippen molar-refractivity contribution in [2.24, 2.45) is 0 Å². The molecule has 0 aromatic carbocycles. The van der Waals surface area contributed by atoms with E-state index < -0.39 is 9.84 Å². The maximum atomic E-state index is 11.5. The first-order valence-corrected chi connectivity index (χ1v) is 6.59. The molecule has 2 rings (SSSR count). The molecule has 0 bridgehead atoms. The van der Waals surface area contributed by atoms with Crippen LogP contribution >= 0.6 is 0 Å². The lowest BCUT2D eigenvalue weighted by Gasteiger charge is -2.04. The lowest BCUT2D eigenvalue weighted by molar-refractivity contribution is 0.592. The largest absolute Gasteiger partial charge is 0.269 e. The summed E-state index contributed by atoms with van der Waals surface area (Å²) in [6, 6.07) is 6.08. The Bertz CT molecular complexity index is 706. The van der Waals surface area contributed by atoms with E-state index in [1.807, 2.05) is 0 Å². The second kappa shape index (κ2) is 4.10. The van der Waals surface area contributed by atoms with Crippen LogP contribution in [0.1, 0.15) is 0 Å². The lowest BCUT2D eigenvalue weighted by atomic mass is 10.4. The third-order valence-electron chi connectivity index (χ3n) is 2.02. The molecule has 88 valence electrons. The van der Waals surface area contributed by atoms with Crippen molar-refractivity contribution in [3.8, 4) is 5.82 Å². The molecule has 0 radical (unpaired) electrons. The Hall–Kier alpha value is -2.02. The molecular formula is C10H9N3O3S. The summed E-state index contributed by atoms with van der Waals surface area (Å²) >= 11 is 0. The zero-order valence-corrected chi connectivity index (χ0v) is 9.76. The molecule has 2 aromatic heterocycles. The smallest absolute Gasteiger partial charge is 0.256 e. The van der Waals surface area contributed by atoms with Gasteiger partial charge >= 0.3 is 0 Å². The summed E-state index contributed by atoms with van der Waals surface area (Å²) in [6.45, 7) is 0. The van der Waals surface area contributed by atoms with E-state index in [4.69, 9.17) is 0 Å². The molecule has 0 amide bonds. The zero-order chi connectivity index (χ0) is 12.5. The molecule has 0 saturated carbocycles. The highest BCUT2D eigenvalue weighted by Crippen LogP contribution is 2.04. The number of hydrogen-bond acceptors (Lipinski definition) is 5. The molecule has 0 fully saturated rings. The highest BCUT2D eigenvalue weighted by atomic mass is 32.2. The van der Waals surface area contributed by atoms with Gasteiger partial charge in [0, 0.05) is 24.7 Å². The van der Waals surface area contributed by atoms with Gasteiger partial charge in [-0.3, -0.25) is 9.36 Å². The van der Waals surface area contributed by atoms with Crippen molar-refractivity contribution in [3.63, 3.8) is 0 Å². The number of aromatic nitrogens is 3. The molecule has 0 spiro atoms. The molecule has 2 heterocycles. The first-order valence-electron chi connectivity index (χ1n) is 4.69. The van der Waals surface area contributed by atoms with E-state index in [2.05, 4.69) is 9.97 Å². The fraction of sp³-hybridized carbons (Fsp3) is 0.100. The Morgan fingerprint density at radius 3 is 2.65 bits per heavy atom. The van der Waals surface area contributed by atoms with Gasteiger partial charge in [0.05, 0.1) is 0 Å². The highest BCUT2D eigenvalue weighted by molar-refractivity contribution is 7.90. The minimum atomic E-state index is -3.48. The topological polar surface area (TPSA) is 81.9 Å². The molecule has 0 unspecified atom stereocenters. The van der Waals surface area contributed by atoms with Gasteiger partial charge in [-0.2, -0.15) is 0 Å². The Kier molecular flexibility index (Phi) is 2.76. The first-order chi connectivity index (χ1) is 7.98. The van der Waals surface area contributed by atoms with Crippen LogP contribution in [0.25, 0.3) is 5.82 Å². The van der Waals surface area contributed by atoms with Crippen molar-refractivity contribution < 1.29 is 8.42 Å². The molecule has 0 aliphatic rings. The molecule has 0 atom stereocenters. The zero-order valence-electron chi connectivity index (χ0n) is 8.94. The van der Waals surface area contributed by atoms with Crippen LogP contribution in [0.2, 0.25) is 0 Å². The molecule has 7 heteroatoms. The van der Waals surface area contributed by atoms with E-state index in [9.17, 15) is 13.2 Å². The standard InChI is InChI=1S/C10H9N3O3S/c1-17(15,16)10-11-6-5-8(12-10)13-7-3-2-4-9(13)14/h2-7H,1H3. The monoisotopic (exact) mass is 251 g/mol. The van der Waals surface area contributed by atoms with Crippen molar-refractivity contribution in [2.75, 3.05) is 6.26 Å². The van der Waals surface area contributed by atoms with E-state index >= 15 is 0 Å². The SMILES string of the molecule is CS(=O)(=O)c1nccc(-n2ccccc2=O)n1.